The first-order valence-electron chi connectivity index (χ1n) is 2.97. The smallest absolute Gasteiger partial charge is 0.252 e. The molecule has 0 fully saturated rings. The van der Waals surface area contributed by atoms with E-state index in [0.717, 1.165) is 0 Å². The fourth-order valence-corrected chi connectivity index (χ4v) is 0.429. The van der Waals surface area contributed by atoms with Gasteiger partial charge in [0, 0.05) is 14.0 Å². The topological polar surface area (TPSA) is 73.2 Å². The predicted octanol–water partition coefficient (Wildman–Crippen LogP) is -0.938. The van der Waals surface area contributed by atoms with E-state index in [4.69, 9.17) is 5.26 Å². The van der Waals surface area contributed by atoms with Crippen molar-refractivity contribution in [3.8, 4) is 6.19 Å². The van der Waals surface area contributed by atoms with Crippen molar-refractivity contribution in [2.45, 2.75) is 6.92 Å². The van der Waals surface area contributed by atoms with Gasteiger partial charge >= 0.3 is 0 Å². The van der Waals surface area contributed by atoms with E-state index in [1.54, 1.807) is 0 Å². The van der Waals surface area contributed by atoms with Gasteiger partial charge in [-0.25, -0.2) is 0 Å². The minimum atomic E-state index is -0.481. The van der Waals surface area contributed by atoms with Crippen molar-refractivity contribution in [1.82, 2.24) is 10.2 Å². The standard InChI is InChI=1S/C6H9N3O2/c1-5(10)9(2)3-6(11)8-4-7/h3H2,1-2H3,(H,8,11). The number of amides is 2. The van der Waals surface area contributed by atoms with Gasteiger partial charge in [-0.3, -0.25) is 14.9 Å². The van der Waals surface area contributed by atoms with Gasteiger partial charge in [0.25, 0.3) is 5.91 Å². The molecule has 0 heterocycles. The summed E-state index contributed by atoms with van der Waals surface area (Å²) in [6, 6.07) is 0. The van der Waals surface area contributed by atoms with Crippen LogP contribution in [0.1, 0.15) is 6.92 Å². The Morgan fingerprint density at radius 3 is 2.55 bits per heavy atom. The molecule has 5 nitrogen and oxygen atoms in total. The lowest BCUT2D eigenvalue weighted by Gasteiger charge is -2.11. The van der Waals surface area contributed by atoms with Crippen molar-refractivity contribution in [1.29, 1.82) is 5.26 Å². The number of nitrogens with one attached hydrogen (secondary N) is 1. The Morgan fingerprint density at radius 1 is 1.64 bits per heavy atom. The maximum Gasteiger partial charge on any atom is 0.252 e. The summed E-state index contributed by atoms with van der Waals surface area (Å²) in [5.74, 6) is -0.691. The van der Waals surface area contributed by atoms with Gasteiger partial charge < -0.3 is 4.90 Å². The van der Waals surface area contributed by atoms with Gasteiger partial charge in [0.15, 0.2) is 6.19 Å². The van der Waals surface area contributed by atoms with Crippen LogP contribution in [0.5, 0.6) is 0 Å². The first-order valence-corrected chi connectivity index (χ1v) is 2.97. The molecule has 0 atom stereocenters. The minimum absolute atomic E-state index is 0.0805. The molecule has 2 amide bonds. The molecule has 0 bridgehead atoms. The lowest BCUT2D eigenvalue weighted by Crippen LogP contribution is -2.35. The first kappa shape index (κ1) is 9.43. The number of hydrogen-bond donors (Lipinski definition) is 1. The molecular formula is C6H9N3O2. The van der Waals surface area contributed by atoms with Crippen molar-refractivity contribution in [3.05, 3.63) is 0 Å². The summed E-state index contributed by atoms with van der Waals surface area (Å²) in [5.41, 5.74) is 0. The summed E-state index contributed by atoms with van der Waals surface area (Å²) < 4.78 is 0. The van der Waals surface area contributed by atoms with Crippen LogP contribution in [0.25, 0.3) is 0 Å². The van der Waals surface area contributed by atoms with Crippen LogP contribution in [0, 0.1) is 11.5 Å². The molecule has 0 aliphatic carbocycles. The third-order valence-electron chi connectivity index (χ3n) is 1.11. The summed E-state index contributed by atoms with van der Waals surface area (Å²) in [7, 11) is 1.49. The molecule has 0 spiro atoms. The van der Waals surface area contributed by atoms with Gasteiger partial charge in [-0.05, 0) is 0 Å². The van der Waals surface area contributed by atoms with Crippen LogP contribution < -0.4 is 5.32 Å². The van der Waals surface area contributed by atoms with Gasteiger partial charge in [-0.1, -0.05) is 0 Å². The number of carbonyl (C=O) groups is 2. The summed E-state index contributed by atoms with van der Waals surface area (Å²) >= 11 is 0. The van der Waals surface area contributed by atoms with Gasteiger partial charge in [0.1, 0.15) is 6.54 Å². The highest BCUT2D eigenvalue weighted by atomic mass is 16.2. The van der Waals surface area contributed by atoms with Gasteiger partial charge in [0.05, 0.1) is 0 Å². The quantitative estimate of drug-likeness (QED) is 0.413. The maximum absolute atomic E-state index is 10.6. The maximum atomic E-state index is 10.6. The van der Waals surface area contributed by atoms with E-state index >= 15 is 0 Å². The summed E-state index contributed by atoms with van der Waals surface area (Å²) in [6.45, 7) is 1.27. The summed E-state index contributed by atoms with van der Waals surface area (Å²) in [4.78, 5) is 22.4. The van der Waals surface area contributed by atoms with Crippen LogP contribution >= 0.6 is 0 Å². The van der Waals surface area contributed by atoms with E-state index < -0.39 is 5.91 Å². The van der Waals surface area contributed by atoms with Gasteiger partial charge in [0.2, 0.25) is 5.91 Å². The van der Waals surface area contributed by atoms with Gasteiger partial charge in [-0.2, -0.15) is 5.26 Å². The van der Waals surface area contributed by atoms with Crippen LogP contribution in [0.4, 0.5) is 0 Å². The molecule has 60 valence electrons. The number of nitriles is 1. The SMILES string of the molecule is CC(=O)N(C)CC(=O)NC#N. The van der Waals surface area contributed by atoms with Crippen molar-refractivity contribution in [2.75, 3.05) is 13.6 Å². The lowest BCUT2D eigenvalue weighted by molar-refractivity contribution is -0.132. The number of carbonyl (C=O) groups excluding carboxylic acids is 2. The summed E-state index contributed by atoms with van der Waals surface area (Å²) in [5, 5.41) is 9.91. The average molecular weight is 155 g/mol. The Kier molecular flexibility index (Phi) is 3.67. The van der Waals surface area contributed by atoms with E-state index in [2.05, 4.69) is 0 Å². The van der Waals surface area contributed by atoms with E-state index in [-0.39, 0.29) is 12.5 Å². The van der Waals surface area contributed by atoms with E-state index in [0.29, 0.717) is 0 Å². The Morgan fingerprint density at radius 2 is 2.18 bits per heavy atom. The highest BCUT2D eigenvalue weighted by molar-refractivity contribution is 5.84. The molecule has 0 rings (SSSR count). The largest absolute Gasteiger partial charge is 0.337 e. The molecule has 0 saturated heterocycles. The highest BCUT2D eigenvalue weighted by Crippen LogP contribution is 1.81. The number of likely N-dealkylation sites (N-methyl/N-ethyl adjacent to an activating group) is 1. The minimum Gasteiger partial charge on any atom is -0.337 e. The van der Waals surface area contributed by atoms with Crippen molar-refractivity contribution in [3.63, 3.8) is 0 Å². The zero-order chi connectivity index (χ0) is 8.85. The molecule has 0 aromatic carbocycles. The number of hydrogen-bond acceptors (Lipinski definition) is 3. The molecule has 5 heteroatoms. The van der Waals surface area contributed by atoms with Crippen LogP contribution in [-0.2, 0) is 9.59 Å². The average Bonchev–Trinajstić information content (AvgIpc) is 1.87. The normalized spacial score (nSPS) is 8.09. The Labute approximate surface area is 64.6 Å². The van der Waals surface area contributed by atoms with Crippen molar-refractivity contribution in [2.24, 2.45) is 0 Å². The van der Waals surface area contributed by atoms with E-state index in [9.17, 15) is 9.59 Å². The Hall–Kier alpha value is -1.57. The zero-order valence-corrected chi connectivity index (χ0v) is 6.42. The molecule has 0 aliphatic rings. The molecular weight excluding hydrogens is 146 g/mol. The second-order valence-corrected chi connectivity index (χ2v) is 2.04. The van der Waals surface area contributed by atoms with Crippen LogP contribution in [0.2, 0.25) is 0 Å². The van der Waals surface area contributed by atoms with Crippen molar-refractivity contribution >= 4 is 11.8 Å². The van der Waals surface area contributed by atoms with Crippen molar-refractivity contribution < 1.29 is 9.59 Å². The molecule has 0 aromatic rings. The second kappa shape index (κ2) is 4.28. The third kappa shape index (κ3) is 3.92. The molecule has 0 aliphatic heterocycles. The lowest BCUT2D eigenvalue weighted by atomic mass is 10.5. The summed E-state index contributed by atoms with van der Waals surface area (Å²) in [6.07, 6.45) is 1.47. The molecule has 11 heavy (non-hydrogen) atoms. The molecule has 0 aromatic heterocycles. The van der Waals surface area contributed by atoms with Crippen LogP contribution in [0.3, 0.4) is 0 Å². The first-order chi connectivity index (χ1) is 5.07. The molecule has 1 N–H and O–H groups in total. The fourth-order valence-electron chi connectivity index (χ4n) is 0.429. The number of nitrogens with zero attached hydrogens (tertiary/aromatic N) is 2. The van der Waals surface area contributed by atoms with E-state index in [1.807, 2.05) is 5.32 Å². The van der Waals surface area contributed by atoms with Crippen LogP contribution in [-0.4, -0.2) is 30.3 Å². The van der Waals surface area contributed by atoms with Crippen LogP contribution in [0.15, 0.2) is 0 Å². The zero-order valence-electron chi connectivity index (χ0n) is 6.42. The monoisotopic (exact) mass is 155 g/mol. The molecule has 0 radical (unpaired) electrons. The molecule has 0 saturated carbocycles. The second-order valence-electron chi connectivity index (χ2n) is 2.04. The Balaban J connectivity index is 3.77. The number of rotatable bonds is 2. The fraction of sp³-hybridized carbons (Fsp3) is 0.500. The predicted molar refractivity (Wildman–Crippen MR) is 37.1 cm³/mol. The highest BCUT2D eigenvalue weighted by Gasteiger charge is 2.06. The van der Waals surface area contributed by atoms with E-state index in [1.165, 1.54) is 25.1 Å². The van der Waals surface area contributed by atoms with Gasteiger partial charge in [-0.15, -0.1) is 0 Å². The Bertz CT molecular complexity index is 206. The molecule has 0 unspecified atom stereocenters. The third-order valence-corrected chi connectivity index (χ3v) is 1.11.